The summed E-state index contributed by atoms with van der Waals surface area (Å²) in [6.45, 7) is 0. The molecule has 0 unspecified atom stereocenters. The predicted octanol–water partition coefficient (Wildman–Crippen LogP) is 1.27. The second-order valence-electron chi connectivity index (χ2n) is 2.42. The van der Waals surface area contributed by atoms with Gasteiger partial charge in [-0.2, -0.15) is 12.6 Å². The molecule has 1 rings (SSSR count). The lowest BCUT2D eigenvalue weighted by Crippen LogP contribution is -1.98. The third-order valence-corrected chi connectivity index (χ3v) is 1.64. The second kappa shape index (κ2) is 4.06. The van der Waals surface area contributed by atoms with E-state index in [4.69, 9.17) is 11.5 Å². The quantitative estimate of drug-likeness (QED) is 0.332. The van der Waals surface area contributed by atoms with Crippen LogP contribution in [0.4, 0.5) is 15.8 Å². The molecule has 4 N–H and O–H groups in total. The lowest BCUT2D eigenvalue weighted by molar-refractivity contribution is 0.628. The highest BCUT2D eigenvalue weighted by molar-refractivity contribution is 7.80. The van der Waals surface area contributed by atoms with Gasteiger partial charge in [0.1, 0.15) is 5.82 Å². The molecule has 0 saturated heterocycles. The average Bonchev–Trinajstić information content (AvgIpc) is 2.09. The van der Waals surface area contributed by atoms with Gasteiger partial charge in [0.15, 0.2) is 0 Å². The summed E-state index contributed by atoms with van der Waals surface area (Å²) in [5.41, 5.74) is 12.0. The number of rotatable bonds is 0. The molecule has 0 saturated carbocycles. The van der Waals surface area contributed by atoms with Crippen molar-refractivity contribution < 1.29 is 4.39 Å². The summed E-state index contributed by atoms with van der Waals surface area (Å²) < 4.78 is 12.8. The highest BCUT2D eigenvalue weighted by Gasteiger charge is 2.02. The minimum atomic E-state index is -0.435. The topological polar surface area (TPSA) is 52.0 Å². The van der Waals surface area contributed by atoms with Crippen molar-refractivity contribution in [3.05, 3.63) is 23.5 Å². The van der Waals surface area contributed by atoms with Gasteiger partial charge in [-0.3, -0.25) is 0 Å². The zero-order valence-corrected chi connectivity index (χ0v) is 7.74. The predicted molar refractivity (Wildman–Crippen MR) is 56.0 cm³/mol. The maximum absolute atomic E-state index is 12.8. The largest absolute Gasteiger partial charge is 0.397 e. The Hall–Kier alpha value is -1.34. The van der Waals surface area contributed by atoms with E-state index < -0.39 is 5.82 Å². The SMILES string of the molecule is Nc1cc(F)cc(C#CCS)c1N. The number of benzene rings is 1. The van der Waals surface area contributed by atoms with Crippen LogP contribution in [0, 0.1) is 17.7 Å². The molecule has 0 bridgehead atoms. The Morgan fingerprint density at radius 3 is 2.69 bits per heavy atom. The van der Waals surface area contributed by atoms with Gasteiger partial charge in [-0.25, -0.2) is 4.39 Å². The fraction of sp³-hybridized carbons (Fsp3) is 0.111. The monoisotopic (exact) mass is 196 g/mol. The maximum atomic E-state index is 12.8. The molecular weight excluding hydrogens is 187 g/mol. The maximum Gasteiger partial charge on any atom is 0.126 e. The van der Waals surface area contributed by atoms with Gasteiger partial charge in [0.2, 0.25) is 0 Å². The van der Waals surface area contributed by atoms with Crippen LogP contribution in [0.1, 0.15) is 5.56 Å². The van der Waals surface area contributed by atoms with Crippen LogP contribution >= 0.6 is 12.6 Å². The standard InChI is InChI=1S/C9H9FN2S/c10-7-4-6(2-1-3-13)9(12)8(11)5-7/h4-5,13H,3,11-12H2. The minimum absolute atomic E-state index is 0.212. The van der Waals surface area contributed by atoms with Gasteiger partial charge < -0.3 is 11.5 Å². The number of thiol groups is 1. The van der Waals surface area contributed by atoms with E-state index in [0.717, 1.165) is 0 Å². The van der Waals surface area contributed by atoms with E-state index in [9.17, 15) is 4.39 Å². The van der Waals surface area contributed by atoms with E-state index >= 15 is 0 Å². The first-order valence-electron chi connectivity index (χ1n) is 3.59. The molecule has 0 fully saturated rings. The van der Waals surface area contributed by atoms with Crippen molar-refractivity contribution in [1.82, 2.24) is 0 Å². The van der Waals surface area contributed by atoms with Crippen LogP contribution in [0.3, 0.4) is 0 Å². The van der Waals surface area contributed by atoms with E-state index in [-0.39, 0.29) is 5.69 Å². The number of anilines is 2. The number of nitrogen functional groups attached to an aromatic ring is 2. The van der Waals surface area contributed by atoms with Gasteiger partial charge >= 0.3 is 0 Å². The number of nitrogens with two attached hydrogens (primary N) is 2. The molecule has 0 spiro atoms. The normalized spacial score (nSPS) is 9.08. The van der Waals surface area contributed by atoms with Crippen molar-refractivity contribution in [2.24, 2.45) is 0 Å². The Balaban J connectivity index is 3.20. The molecule has 0 atom stereocenters. The van der Waals surface area contributed by atoms with E-state index in [1.807, 2.05) is 0 Å². The molecule has 0 heterocycles. The highest BCUT2D eigenvalue weighted by atomic mass is 32.1. The lowest BCUT2D eigenvalue weighted by atomic mass is 10.1. The number of hydrogen-bond acceptors (Lipinski definition) is 3. The minimum Gasteiger partial charge on any atom is -0.397 e. The Morgan fingerprint density at radius 2 is 2.08 bits per heavy atom. The van der Waals surface area contributed by atoms with Crippen molar-refractivity contribution in [3.63, 3.8) is 0 Å². The molecular formula is C9H9FN2S. The summed E-state index contributed by atoms with van der Waals surface area (Å²) in [4.78, 5) is 0. The Kier molecular flexibility index (Phi) is 3.04. The van der Waals surface area contributed by atoms with Gasteiger partial charge in [0, 0.05) is 0 Å². The zero-order chi connectivity index (χ0) is 9.84. The smallest absolute Gasteiger partial charge is 0.126 e. The summed E-state index contributed by atoms with van der Waals surface area (Å²) in [6.07, 6.45) is 0. The zero-order valence-electron chi connectivity index (χ0n) is 6.84. The van der Waals surface area contributed by atoms with Gasteiger partial charge in [0.05, 0.1) is 22.7 Å². The Morgan fingerprint density at radius 1 is 1.38 bits per heavy atom. The summed E-state index contributed by atoms with van der Waals surface area (Å²) in [5.74, 6) is 5.31. The van der Waals surface area contributed by atoms with Crippen molar-refractivity contribution in [1.29, 1.82) is 0 Å². The second-order valence-corrected chi connectivity index (χ2v) is 2.73. The third-order valence-electron chi connectivity index (χ3n) is 1.48. The van der Waals surface area contributed by atoms with Crippen LogP contribution in [0.5, 0.6) is 0 Å². The Bertz CT molecular complexity index is 379. The van der Waals surface area contributed by atoms with Gasteiger partial charge in [0.25, 0.3) is 0 Å². The number of halogens is 1. The molecule has 13 heavy (non-hydrogen) atoms. The summed E-state index contributed by atoms with van der Waals surface area (Å²) >= 11 is 3.90. The molecule has 68 valence electrons. The summed E-state index contributed by atoms with van der Waals surface area (Å²) in [5, 5.41) is 0. The van der Waals surface area contributed by atoms with Crippen LogP contribution in [0.25, 0.3) is 0 Å². The van der Waals surface area contributed by atoms with Crippen molar-refractivity contribution in [3.8, 4) is 11.8 Å². The van der Waals surface area contributed by atoms with Gasteiger partial charge in [-0.15, -0.1) is 0 Å². The molecule has 0 aromatic heterocycles. The van der Waals surface area contributed by atoms with Crippen molar-refractivity contribution in [2.45, 2.75) is 0 Å². The molecule has 0 amide bonds. The fourth-order valence-electron chi connectivity index (χ4n) is 0.877. The summed E-state index contributed by atoms with van der Waals surface area (Å²) in [6, 6.07) is 2.42. The van der Waals surface area contributed by atoms with Gasteiger partial charge in [-0.1, -0.05) is 11.8 Å². The van der Waals surface area contributed by atoms with Crippen molar-refractivity contribution in [2.75, 3.05) is 17.2 Å². The first-order valence-corrected chi connectivity index (χ1v) is 4.22. The molecule has 1 aromatic carbocycles. The Labute approximate surface area is 81.5 Å². The van der Waals surface area contributed by atoms with Crippen LogP contribution in [-0.4, -0.2) is 5.75 Å². The van der Waals surface area contributed by atoms with Gasteiger partial charge in [-0.05, 0) is 12.1 Å². The third kappa shape index (κ3) is 2.30. The molecule has 0 aliphatic rings. The molecule has 4 heteroatoms. The molecule has 1 aromatic rings. The number of hydrogen-bond donors (Lipinski definition) is 3. The fourth-order valence-corrected chi connectivity index (χ4v) is 0.956. The van der Waals surface area contributed by atoms with E-state index in [1.165, 1.54) is 12.1 Å². The van der Waals surface area contributed by atoms with E-state index in [0.29, 0.717) is 17.0 Å². The molecule has 2 nitrogen and oxygen atoms in total. The molecule has 0 aliphatic heterocycles. The molecule has 0 radical (unpaired) electrons. The first-order chi connectivity index (χ1) is 6.15. The van der Waals surface area contributed by atoms with E-state index in [2.05, 4.69) is 24.5 Å². The van der Waals surface area contributed by atoms with Crippen molar-refractivity contribution >= 4 is 24.0 Å². The molecule has 0 aliphatic carbocycles. The van der Waals surface area contributed by atoms with E-state index in [1.54, 1.807) is 0 Å². The van der Waals surface area contributed by atoms with Crippen LogP contribution < -0.4 is 11.5 Å². The van der Waals surface area contributed by atoms with Crippen LogP contribution in [0.15, 0.2) is 12.1 Å². The summed E-state index contributed by atoms with van der Waals surface area (Å²) in [7, 11) is 0. The first kappa shape index (κ1) is 9.75. The average molecular weight is 196 g/mol. The highest BCUT2D eigenvalue weighted by Crippen LogP contribution is 2.20. The van der Waals surface area contributed by atoms with Crippen LogP contribution in [-0.2, 0) is 0 Å². The lowest BCUT2D eigenvalue weighted by Gasteiger charge is -2.02. The van der Waals surface area contributed by atoms with Crippen LogP contribution in [0.2, 0.25) is 0 Å².